The standard InChI is InChI=1S/C11H21NO2/c1-2-3-6-10(12)11(13)9-5-4-7-14-8-9/h9-10H,2-8,12H2,1H3. The van der Waals surface area contributed by atoms with Gasteiger partial charge in [-0.15, -0.1) is 0 Å². The molecule has 0 radical (unpaired) electrons. The van der Waals surface area contributed by atoms with E-state index in [0.717, 1.165) is 38.7 Å². The van der Waals surface area contributed by atoms with Crippen molar-refractivity contribution >= 4 is 5.78 Å². The number of unbranched alkanes of at least 4 members (excludes halogenated alkanes) is 1. The Balaban J connectivity index is 2.30. The van der Waals surface area contributed by atoms with Gasteiger partial charge in [0.15, 0.2) is 5.78 Å². The maximum absolute atomic E-state index is 11.8. The Morgan fingerprint density at radius 2 is 2.43 bits per heavy atom. The van der Waals surface area contributed by atoms with Crippen molar-refractivity contribution in [2.45, 2.75) is 45.1 Å². The van der Waals surface area contributed by atoms with E-state index in [0.29, 0.717) is 6.61 Å². The van der Waals surface area contributed by atoms with E-state index < -0.39 is 0 Å². The molecule has 0 aromatic carbocycles. The predicted octanol–water partition coefficient (Wildman–Crippen LogP) is 1.50. The molecule has 0 aromatic heterocycles. The highest BCUT2D eigenvalue weighted by Gasteiger charge is 2.25. The summed E-state index contributed by atoms with van der Waals surface area (Å²) in [6.07, 6.45) is 4.92. The summed E-state index contributed by atoms with van der Waals surface area (Å²) in [6, 6.07) is -0.262. The first-order valence-corrected chi connectivity index (χ1v) is 5.62. The molecule has 2 atom stereocenters. The Morgan fingerprint density at radius 3 is 3.00 bits per heavy atom. The average Bonchev–Trinajstić information content (AvgIpc) is 2.26. The summed E-state index contributed by atoms with van der Waals surface area (Å²) < 4.78 is 5.28. The molecule has 0 aliphatic carbocycles. The van der Waals surface area contributed by atoms with Gasteiger partial charge in [0.2, 0.25) is 0 Å². The van der Waals surface area contributed by atoms with Crippen LogP contribution >= 0.6 is 0 Å². The topological polar surface area (TPSA) is 52.3 Å². The number of Topliss-reactive ketones (excluding diaryl/α,β-unsaturated/α-hetero) is 1. The van der Waals surface area contributed by atoms with Gasteiger partial charge in [-0.1, -0.05) is 19.8 Å². The predicted molar refractivity (Wildman–Crippen MR) is 56.1 cm³/mol. The van der Waals surface area contributed by atoms with E-state index in [-0.39, 0.29) is 17.7 Å². The molecule has 0 amide bonds. The lowest BCUT2D eigenvalue weighted by Gasteiger charge is -2.23. The largest absolute Gasteiger partial charge is 0.381 e. The zero-order valence-electron chi connectivity index (χ0n) is 9.00. The van der Waals surface area contributed by atoms with Crippen LogP contribution in [0.1, 0.15) is 39.0 Å². The molecule has 1 saturated heterocycles. The Labute approximate surface area is 86.0 Å². The number of nitrogens with two attached hydrogens (primary N) is 1. The summed E-state index contributed by atoms with van der Waals surface area (Å²) in [5.41, 5.74) is 5.83. The van der Waals surface area contributed by atoms with E-state index in [1.54, 1.807) is 0 Å². The van der Waals surface area contributed by atoms with E-state index in [1.165, 1.54) is 0 Å². The second kappa shape index (κ2) is 6.14. The third-order valence-electron chi connectivity index (χ3n) is 2.80. The number of carbonyl (C=O) groups excluding carboxylic acids is 1. The van der Waals surface area contributed by atoms with Gasteiger partial charge in [0, 0.05) is 12.5 Å². The lowest BCUT2D eigenvalue weighted by Crippen LogP contribution is -2.38. The molecule has 1 rings (SSSR count). The lowest BCUT2D eigenvalue weighted by molar-refractivity contribution is -0.128. The lowest BCUT2D eigenvalue weighted by atomic mass is 9.91. The van der Waals surface area contributed by atoms with Crippen LogP contribution < -0.4 is 5.73 Å². The van der Waals surface area contributed by atoms with Crippen LogP contribution in [0.2, 0.25) is 0 Å². The Hall–Kier alpha value is -0.410. The molecule has 3 heteroatoms. The number of ketones is 1. The summed E-state index contributed by atoms with van der Waals surface area (Å²) in [7, 11) is 0. The van der Waals surface area contributed by atoms with Gasteiger partial charge in [0.25, 0.3) is 0 Å². The van der Waals surface area contributed by atoms with Gasteiger partial charge in [0.1, 0.15) is 0 Å². The summed E-state index contributed by atoms with van der Waals surface area (Å²) in [4.78, 5) is 11.8. The molecule has 1 aliphatic rings. The molecule has 82 valence electrons. The van der Waals surface area contributed by atoms with Crippen molar-refractivity contribution in [2.24, 2.45) is 11.7 Å². The fraction of sp³-hybridized carbons (Fsp3) is 0.909. The molecular weight excluding hydrogens is 178 g/mol. The Bertz CT molecular complexity index is 176. The molecule has 1 aliphatic heterocycles. The third-order valence-corrected chi connectivity index (χ3v) is 2.80. The fourth-order valence-corrected chi connectivity index (χ4v) is 1.83. The van der Waals surface area contributed by atoms with Crippen molar-refractivity contribution in [3.8, 4) is 0 Å². The van der Waals surface area contributed by atoms with Crippen molar-refractivity contribution < 1.29 is 9.53 Å². The Kier molecular flexibility index (Phi) is 5.12. The highest BCUT2D eigenvalue weighted by Crippen LogP contribution is 2.17. The van der Waals surface area contributed by atoms with Gasteiger partial charge >= 0.3 is 0 Å². The average molecular weight is 199 g/mol. The fourth-order valence-electron chi connectivity index (χ4n) is 1.83. The molecule has 2 N–H and O–H groups in total. The van der Waals surface area contributed by atoms with Crippen molar-refractivity contribution in [1.82, 2.24) is 0 Å². The van der Waals surface area contributed by atoms with Crippen LogP contribution in [0.5, 0.6) is 0 Å². The normalized spacial score (nSPS) is 24.6. The Morgan fingerprint density at radius 1 is 1.64 bits per heavy atom. The first-order valence-electron chi connectivity index (χ1n) is 5.62. The van der Waals surface area contributed by atoms with E-state index in [4.69, 9.17) is 10.5 Å². The van der Waals surface area contributed by atoms with Crippen molar-refractivity contribution in [1.29, 1.82) is 0 Å². The molecule has 0 bridgehead atoms. The molecule has 14 heavy (non-hydrogen) atoms. The number of carbonyl (C=O) groups is 1. The van der Waals surface area contributed by atoms with Crippen molar-refractivity contribution in [3.63, 3.8) is 0 Å². The van der Waals surface area contributed by atoms with Crippen molar-refractivity contribution in [2.75, 3.05) is 13.2 Å². The van der Waals surface area contributed by atoms with Gasteiger partial charge in [-0.05, 0) is 19.3 Å². The minimum Gasteiger partial charge on any atom is -0.381 e. The SMILES string of the molecule is CCCCC(N)C(=O)C1CCCOC1. The first-order chi connectivity index (χ1) is 6.75. The summed E-state index contributed by atoms with van der Waals surface area (Å²) in [5, 5.41) is 0. The van der Waals surface area contributed by atoms with Crippen LogP contribution in [-0.4, -0.2) is 25.0 Å². The monoisotopic (exact) mass is 199 g/mol. The zero-order chi connectivity index (χ0) is 10.4. The summed E-state index contributed by atoms with van der Waals surface area (Å²) in [6.45, 7) is 3.49. The summed E-state index contributed by atoms with van der Waals surface area (Å²) in [5.74, 6) is 0.272. The van der Waals surface area contributed by atoms with Crippen LogP contribution in [0.3, 0.4) is 0 Å². The zero-order valence-corrected chi connectivity index (χ0v) is 9.00. The molecule has 0 aromatic rings. The van der Waals surface area contributed by atoms with Gasteiger partial charge in [-0.2, -0.15) is 0 Å². The second-order valence-electron chi connectivity index (χ2n) is 4.07. The molecule has 1 fully saturated rings. The van der Waals surface area contributed by atoms with Gasteiger partial charge in [-0.25, -0.2) is 0 Å². The number of hydrogen-bond acceptors (Lipinski definition) is 3. The van der Waals surface area contributed by atoms with E-state index >= 15 is 0 Å². The highest BCUT2D eigenvalue weighted by molar-refractivity contribution is 5.86. The van der Waals surface area contributed by atoms with Gasteiger partial charge in [0.05, 0.1) is 12.6 Å². The molecule has 2 unspecified atom stereocenters. The molecule has 1 heterocycles. The van der Waals surface area contributed by atoms with Crippen LogP contribution in [0.15, 0.2) is 0 Å². The number of hydrogen-bond donors (Lipinski definition) is 1. The summed E-state index contributed by atoms with van der Waals surface area (Å²) >= 11 is 0. The molecular formula is C11H21NO2. The van der Waals surface area contributed by atoms with Gasteiger partial charge in [-0.3, -0.25) is 4.79 Å². The van der Waals surface area contributed by atoms with Crippen LogP contribution in [0.25, 0.3) is 0 Å². The van der Waals surface area contributed by atoms with E-state index in [1.807, 2.05) is 0 Å². The van der Waals surface area contributed by atoms with Crippen LogP contribution in [0, 0.1) is 5.92 Å². The smallest absolute Gasteiger partial charge is 0.154 e. The van der Waals surface area contributed by atoms with Crippen molar-refractivity contribution in [3.05, 3.63) is 0 Å². The quantitative estimate of drug-likeness (QED) is 0.730. The highest BCUT2D eigenvalue weighted by atomic mass is 16.5. The number of rotatable bonds is 5. The first kappa shape index (κ1) is 11.7. The molecule has 0 saturated carbocycles. The maximum atomic E-state index is 11.8. The maximum Gasteiger partial charge on any atom is 0.154 e. The minimum absolute atomic E-state index is 0.0654. The number of ether oxygens (including phenoxy) is 1. The second-order valence-corrected chi connectivity index (χ2v) is 4.07. The minimum atomic E-state index is -0.262. The van der Waals surface area contributed by atoms with Gasteiger partial charge < -0.3 is 10.5 Å². The third kappa shape index (κ3) is 3.39. The van der Waals surface area contributed by atoms with Crippen LogP contribution in [0.4, 0.5) is 0 Å². The van der Waals surface area contributed by atoms with Crippen LogP contribution in [-0.2, 0) is 9.53 Å². The molecule has 0 spiro atoms. The van der Waals surface area contributed by atoms with E-state index in [2.05, 4.69) is 6.92 Å². The van der Waals surface area contributed by atoms with E-state index in [9.17, 15) is 4.79 Å². The molecule has 3 nitrogen and oxygen atoms in total.